The first-order valence-electron chi connectivity index (χ1n) is 11.6. The number of fused-ring (bicyclic) bond motifs is 1. The zero-order chi connectivity index (χ0) is 21.0. The van der Waals surface area contributed by atoms with Crippen LogP contribution in [-0.4, -0.2) is 33.1 Å². The van der Waals surface area contributed by atoms with Gasteiger partial charge in [0.1, 0.15) is 11.6 Å². The molecule has 0 spiro atoms. The van der Waals surface area contributed by atoms with Crippen LogP contribution in [0.4, 0.5) is 0 Å². The van der Waals surface area contributed by atoms with Gasteiger partial charge in [-0.3, -0.25) is 4.90 Å². The van der Waals surface area contributed by atoms with E-state index >= 15 is 0 Å². The minimum absolute atomic E-state index is 0.582. The summed E-state index contributed by atoms with van der Waals surface area (Å²) in [5.74, 6) is 2.58. The van der Waals surface area contributed by atoms with Crippen molar-refractivity contribution in [1.29, 1.82) is 0 Å². The fraction of sp³-hybridized carbons (Fsp3) is 0.462. The number of hydrogen-bond donors (Lipinski definition) is 0. The van der Waals surface area contributed by atoms with Crippen LogP contribution in [0.3, 0.4) is 0 Å². The first-order valence-corrected chi connectivity index (χ1v) is 11.6. The smallest absolute Gasteiger partial charge is 0.131 e. The average Bonchev–Trinajstić information content (AvgIpc) is 3.26. The van der Waals surface area contributed by atoms with Gasteiger partial charge in [-0.15, -0.1) is 0 Å². The molecule has 0 saturated heterocycles. The zero-order valence-electron chi connectivity index (χ0n) is 18.5. The molecule has 2 aromatic heterocycles. The number of ether oxygens (including phenoxy) is 1. The summed E-state index contributed by atoms with van der Waals surface area (Å²) in [5.41, 5.74) is 5.21. The lowest BCUT2D eigenvalue weighted by molar-refractivity contribution is 0.236. The molecule has 5 heteroatoms. The van der Waals surface area contributed by atoms with E-state index in [9.17, 15) is 0 Å². The molecule has 5 rings (SSSR count). The van der Waals surface area contributed by atoms with Gasteiger partial charge in [-0.05, 0) is 42.7 Å². The summed E-state index contributed by atoms with van der Waals surface area (Å²) in [4.78, 5) is 12.3. The van der Waals surface area contributed by atoms with Crippen molar-refractivity contribution in [3.63, 3.8) is 0 Å². The highest BCUT2D eigenvalue weighted by Crippen LogP contribution is 2.31. The van der Waals surface area contributed by atoms with Crippen molar-refractivity contribution in [2.24, 2.45) is 0 Å². The van der Waals surface area contributed by atoms with Gasteiger partial charge in [-0.1, -0.05) is 31.4 Å². The Bertz CT molecular complexity index is 1000. The Kier molecular flexibility index (Phi) is 6.03. The number of aromatic nitrogens is 3. The van der Waals surface area contributed by atoms with Crippen molar-refractivity contribution in [2.75, 3.05) is 13.7 Å². The highest BCUT2D eigenvalue weighted by molar-refractivity contribution is 5.28. The number of methoxy groups -OCH3 is 1. The third-order valence-electron chi connectivity index (χ3n) is 6.82. The number of rotatable bonds is 6. The van der Waals surface area contributed by atoms with Crippen LogP contribution in [0.15, 0.2) is 48.8 Å². The Morgan fingerprint density at radius 1 is 1.03 bits per heavy atom. The molecule has 2 aliphatic rings. The number of benzene rings is 1. The quantitative estimate of drug-likeness (QED) is 0.571. The van der Waals surface area contributed by atoms with Crippen LogP contribution >= 0.6 is 0 Å². The first-order chi connectivity index (χ1) is 15.3. The second-order valence-electron chi connectivity index (χ2n) is 8.97. The normalized spacial score (nSPS) is 17.5. The van der Waals surface area contributed by atoms with Crippen molar-refractivity contribution in [3.8, 4) is 5.75 Å². The minimum Gasteiger partial charge on any atom is -0.497 e. The predicted octanol–water partition coefficient (Wildman–Crippen LogP) is 4.94. The van der Waals surface area contributed by atoms with Gasteiger partial charge in [0, 0.05) is 67.9 Å². The molecule has 31 heavy (non-hydrogen) atoms. The van der Waals surface area contributed by atoms with E-state index in [-0.39, 0.29) is 0 Å². The maximum Gasteiger partial charge on any atom is 0.131 e. The topological polar surface area (TPSA) is 43.2 Å². The average molecular weight is 417 g/mol. The third-order valence-corrected chi connectivity index (χ3v) is 6.82. The molecule has 1 aliphatic heterocycles. The van der Waals surface area contributed by atoms with Gasteiger partial charge < -0.3 is 9.30 Å². The summed E-state index contributed by atoms with van der Waals surface area (Å²) in [5, 5.41) is 0. The van der Waals surface area contributed by atoms with Gasteiger partial charge in [-0.2, -0.15) is 0 Å². The monoisotopic (exact) mass is 416 g/mol. The number of hydrogen-bond acceptors (Lipinski definition) is 4. The number of nitrogens with zero attached hydrogens (tertiary/aromatic N) is 4. The Labute approximate surface area is 185 Å². The first kappa shape index (κ1) is 20.3. The van der Waals surface area contributed by atoms with E-state index in [2.05, 4.69) is 46.1 Å². The molecular weight excluding hydrogens is 384 g/mol. The molecule has 3 aromatic rings. The summed E-state index contributed by atoms with van der Waals surface area (Å²) in [6.07, 6.45) is 11.9. The lowest BCUT2D eigenvalue weighted by atomic mass is 9.88. The maximum absolute atomic E-state index is 5.28. The van der Waals surface area contributed by atoms with Crippen LogP contribution in [0.25, 0.3) is 0 Å². The second kappa shape index (κ2) is 9.23. The SMILES string of the molecule is COc1ccc(Cn2cccc2CN2CCc3nc(C4CCCCC4)ncc3C2)cc1. The zero-order valence-corrected chi connectivity index (χ0v) is 18.5. The van der Waals surface area contributed by atoms with Gasteiger partial charge in [0.15, 0.2) is 0 Å². The van der Waals surface area contributed by atoms with Gasteiger partial charge in [0.2, 0.25) is 0 Å². The van der Waals surface area contributed by atoms with Crippen LogP contribution in [0.5, 0.6) is 5.75 Å². The molecule has 1 fully saturated rings. The van der Waals surface area contributed by atoms with Crippen molar-refractivity contribution >= 4 is 0 Å². The minimum atomic E-state index is 0.582. The van der Waals surface area contributed by atoms with Crippen LogP contribution in [0, 0.1) is 0 Å². The Balaban J connectivity index is 1.24. The molecule has 3 heterocycles. The van der Waals surface area contributed by atoms with Crippen molar-refractivity contribution in [2.45, 2.75) is 64.1 Å². The fourth-order valence-electron chi connectivity index (χ4n) is 4.99. The van der Waals surface area contributed by atoms with Crippen molar-refractivity contribution in [1.82, 2.24) is 19.4 Å². The van der Waals surface area contributed by atoms with E-state index in [0.29, 0.717) is 5.92 Å². The molecule has 0 bridgehead atoms. The van der Waals surface area contributed by atoms with Gasteiger partial charge in [-0.25, -0.2) is 9.97 Å². The van der Waals surface area contributed by atoms with Crippen LogP contribution < -0.4 is 4.74 Å². The molecule has 0 N–H and O–H groups in total. The fourth-order valence-corrected chi connectivity index (χ4v) is 4.99. The molecule has 1 aromatic carbocycles. The Morgan fingerprint density at radius 3 is 2.68 bits per heavy atom. The standard InChI is InChI=1S/C26H32N4O/c1-31-24-11-9-20(10-12-24)17-30-14-5-8-23(30)19-29-15-13-25-22(18-29)16-27-26(28-25)21-6-3-2-4-7-21/h5,8-12,14,16,21H,2-4,6-7,13,15,17-19H2,1H3. The van der Waals surface area contributed by atoms with E-state index < -0.39 is 0 Å². The predicted molar refractivity (Wildman–Crippen MR) is 122 cm³/mol. The van der Waals surface area contributed by atoms with E-state index in [1.807, 2.05) is 12.1 Å². The molecule has 0 radical (unpaired) electrons. The van der Waals surface area contributed by atoms with E-state index in [0.717, 1.165) is 44.2 Å². The molecule has 1 saturated carbocycles. The van der Waals surface area contributed by atoms with E-state index in [1.54, 1.807) is 7.11 Å². The maximum atomic E-state index is 5.28. The van der Waals surface area contributed by atoms with Gasteiger partial charge in [0.25, 0.3) is 0 Å². The second-order valence-corrected chi connectivity index (χ2v) is 8.97. The summed E-state index contributed by atoms with van der Waals surface area (Å²) < 4.78 is 7.62. The van der Waals surface area contributed by atoms with Gasteiger partial charge in [0.05, 0.1) is 7.11 Å². The molecular formula is C26H32N4O. The van der Waals surface area contributed by atoms with Crippen molar-refractivity contribution < 1.29 is 4.74 Å². The lowest BCUT2D eigenvalue weighted by Gasteiger charge is -2.29. The molecule has 0 amide bonds. The van der Waals surface area contributed by atoms with E-state index in [4.69, 9.17) is 14.7 Å². The molecule has 0 atom stereocenters. The largest absolute Gasteiger partial charge is 0.497 e. The lowest BCUT2D eigenvalue weighted by Crippen LogP contribution is -2.32. The van der Waals surface area contributed by atoms with Crippen molar-refractivity contribution in [3.05, 3.63) is 77.1 Å². The van der Waals surface area contributed by atoms with Crippen LogP contribution in [0.2, 0.25) is 0 Å². The van der Waals surface area contributed by atoms with Gasteiger partial charge >= 0.3 is 0 Å². The summed E-state index contributed by atoms with van der Waals surface area (Å²) in [7, 11) is 1.71. The van der Waals surface area contributed by atoms with E-state index in [1.165, 1.54) is 54.6 Å². The van der Waals surface area contributed by atoms with Crippen LogP contribution in [-0.2, 0) is 26.1 Å². The highest BCUT2D eigenvalue weighted by atomic mass is 16.5. The molecule has 1 aliphatic carbocycles. The van der Waals surface area contributed by atoms with Crippen LogP contribution in [0.1, 0.15) is 66.4 Å². The molecule has 0 unspecified atom stereocenters. The Hall–Kier alpha value is -2.66. The third kappa shape index (κ3) is 4.67. The summed E-state index contributed by atoms with van der Waals surface area (Å²) in [6, 6.07) is 12.7. The molecule has 5 nitrogen and oxygen atoms in total. The summed E-state index contributed by atoms with van der Waals surface area (Å²) >= 11 is 0. The summed E-state index contributed by atoms with van der Waals surface area (Å²) in [6.45, 7) is 3.83. The highest BCUT2D eigenvalue weighted by Gasteiger charge is 2.23. The Morgan fingerprint density at radius 2 is 1.87 bits per heavy atom. The molecule has 162 valence electrons.